The van der Waals surface area contributed by atoms with Crippen LogP contribution in [-0.4, -0.2) is 38.7 Å². The normalized spacial score (nSPS) is 14.9. The summed E-state index contributed by atoms with van der Waals surface area (Å²) in [4.78, 5) is 23.4. The molecule has 1 aliphatic rings. The minimum atomic E-state index is -5.09. The Labute approximate surface area is 206 Å². The van der Waals surface area contributed by atoms with E-state index in [2.05, 4.69) is 20.4 Å². The predicted octanol–water partition coefficient (Wildman–Crippen LogP) is 4.66. The van der Waals surface area contributed by atoms with Gasteiger partial charge in [0.25, 0.3) is 5.91 Å². The number of alkyl halides is 6. The Morgan fingerprint density at radius 1 is 1.05 bits per heavy atom. The summed E-state index contributed by atoms with van der Waals surface area (Å²) < 4.78 is 80.6. The Balaban J connectivity index is 1.68. The van der Waals surface area contributed by atoms with Crippen molar-refractivity contribution in [3.05, 3.63) is 64.6 Å². The molecule has 0 spiro atoms. The van der Waals surface area contributed by atoms with Crippen LogP contribution in [0.4, 0.5) is 32.3 Å². The quantitative estimate of drug-likeness (QED) is 0.489. The van der Waals surface area contributed by atoms with Crippen molar-refractivity contribution >= 4 is 11.9 Å². The predicted molar refractivity (Wildman–Crippen MR) is 118 cm³/mol. The number of pyridine rings is 1. The fourth-order valence-corrected chi connectivity index (χ4v) is 3.82. The molecule has 1 N–H and O–H groups in total. The van der Waals surface area contributed by atoms with Gasteiger partial charge in [-0.1, -0.05) is 0 Å². The number of carbonyl (C=O) groups is 1. The summed E-state index contributed by atoms with van der Waals surface area (Å²) in [5, 5.41) is 15.9. The van der Waals surface area contributed by atoms with Crippen LogP contribution in [0.15, 0.2) is 36.5 Å². The van der Waals surface area contributed by atoms with Gasteiger partial charge in [0, 0.05) is 24.8 Å². The standard InChI is InChI=1S/C23H19F6N7O/c1-13(32-20(37)15-8-16(22(24,25)26)10-17(9-15)23(27,28)29)19-33-21(35-6-2-3-7-35)34-36(19)18-5-4-14(11-30)12-31-18/h4-5,8-10,12-13H,2-3,6-7H2,1H3,(H,32,37)/t13-/m0/s1. The van der Waals surface area contributed by atoms with E-state index in [0.29, 0.717) is 31.2 Å². The molecule has 0 radical (unpaired) electrons. The summed E-state index contributed by atoms with van der Waals surface area (Å²) in [6.45, 7) is 2.85. The van der Waals surface area contributed by atoms with Crippen LogP contribution in [0.5, 0.6) is 0 Å². The number of nitriles is 1. The number of nitrogens with zero attached hydrogens (tertiary/aromatic N) is 6. The molecule has 1 fully saturated rings. The minimum Gasteiger partial charge on any atom is -0.342 e. The van der Waals surface area contributed by atoms with Crippen molar-refractivity contribution in [1.82, 2.24) is 25.1 Å². The number of amides is 1. The zero-order chi connectivity index (χ0) is 27.0. The van der Waals surface area contributed by atoms with Crippen LogP contribution in [0.25, 0.3) is 5.82 Å². The minimum absolute atomic E-state index is 0.0459. The van der Waals surface area contributed by atoms with E-state index in [9.17, 15) is 31.1 Å². The maximum absolute atomic E-state index is 13.2. The molecule has 14 heteroatoms. The fourth-order valence-electron chi connectivity index (χ4n) is 3.82. The molecule has 194 valence electrons. The zero-order valence-corrected chi connectivity index (χ0v) is 19.2. The zero-order valence-electron chi connectivity index (χ0n) is 19.2. The molecule has 1 saturated heterocycles. The highest BCUT2D eigenvalue weighted by Gasteiger charge is 2.37. The molecular formula is C23H19F6N7O. The summed E-state index contributed by atoms with van der Waals surface area (Å²) in [6.07, 6.45) is -7.03. The van der Waals surface area contributed by atoms with Crippen LogP contribution in [0.3, 0.4) is 0 Å². The largest absolute Gasteiger partial charge is 0.416 e. The van der Waals surface area contributed by atoms with Gasteiger partial charge in [-0.05, 0) is 50.1 Å². The van der Waals surface area contributed by atoms with E-state index < -0.39 is 41.0 Å². The second kappa shape index (κ2) is 9.72. The van der Waals surface area contributed by atoms with E-state index in [0.717, 1.165) is 12.8 Å². The average Bonchev–Trinajstić information content (AvgIpc) is 3.53. The van der Waals surface area contributed by atoms with Crippen LogP contribution in [0, 0.1) is 11.3 Å². The number of hydrogen-bond donors (Lipinski definition) is 1. The molecule has 1 aliphatic heterocycles. The second-order valence-corrected chi connectivity index (χ2v) is 8.38. The summed E-state index contributed by atoms with van der Waals surface area (Å²) in [7, 11) is 0. The Bertz CT molecular complexity index is 1300. The van der Waals surface area contributed by atoms with Crippen molar-refractivity contribution in [3.63, 3.8) is 0 Å². The smallest absolute Gasteiger partial charge is 0.342 e. The maximum Gasteiger partial charge on any atom is 0.416 e. The van der Waals surface area contributed by atoms with Gasteiger partial charge in [-0.25, -0.2) is 4.98 Å². The van der Waals surface area contributed by atoms with Gasteiger partial charge in [-0.3, -0.25) is 4.79 Å². The lowest BCUT2D eigenvalue weighted by atomic mass is 10.0. The highest BCUT2D eigenvalue weighted by atomic mass is 19.4. The number of halogens is 6. The molecule has 8 nitrogen and oxygen atoms in total. The van der Waals surface area contributed by atoms with Crippen LogP contribution in [0.1, 0.15) is 58.7 Å². The van der Waals surface area contributed by atoms with Crippen molar-refractivity contribution in [2.24, 2.45) is 0 Å². The maximum atomic E-state index is 13.2. The Kier molecular flexibility index (Phi) is 6.81. The van der Waals surface area contributed by atoms with Gasteiger partial charge in [0.1, 0.15) is 6.07 Å². The molecule has 0 saturated carbocycles. The number of benzene rings is 1. The summed E-state index contributed by atoms with van der Waals surface area (Å²) in [5.41, 5.74) is -3.71. The van der Waals surface area contributed by atoms with Crippen LogP contribution >= 0.6 is 0 Å². The van der Waals surface area contributed by atoms with Gasteiger partial charge >= 0.3 is 12.4 Å². The Morgan fingerprint density at radius 2 is 1.68 bits per heavy atom. The Hall–Kier alpha value is -4.15. The summed E-state index contributed by atoms with van der Waals surface area (Å²) >= 11 is 0. The van der Waals surface area contributed by atoms with Gasteiger partial charge in [0.05, 0.1) is 22.7 Å². The van der Waals surface area contributed by atoms with Gasteiger partial charge in [-0.2, -0.15) is 41.3 Å². The number of hydrogen-bond acceptors (Lipinski definition) is 6. The molecule has 3 aromatic rings. The third-order valence-corrected chi connectivity index (χ3v) is 5.69. The van der Waals surface area contributed by atoms with Crippen LogP contribution in [-0.2, 0) is 12.4 Å². The summed E-state index contributed by atoms with van der Waals surface area (Å²) in [5.74, 6) is -0.422. The van der Waals surface area contributed by atoms with Crippen LogP contribution < -0.4 is 10.2 Å². The molecule has 3 heterocycles. The highest BCUT2D eigenvalue weighted by Crippen LogP contribution is 2.36. The monoisotopic (exact) mass is 523 g/mol. The van der Waals surface area contributed by atoms with Crippen molar-refractivity contribution in [2.75, 3.05) is 18.0 Å². The van der Waals surface area contributed by atoms with Gasteiger partial charge < -0.3 is 10.2 Å². The molecule has 0 bridgehead atoms. The lowest BCUT2D eigenvalue weighted by Gasteiger charge is -2.17. The topological polar surface area (TPSA) is 99.7 Å². The van der Waals surface area contributed by atoms with E-state index in [1.54, 1.807) is 0 Å². The van der Waals surface area contributed by atoms with E-state index in [-0.39, 0.29) is 23.3 Å². The van der Waals surface area contributed by atoms with E-state index in [1.807, 2.05) is 11.0 Å². The molecule has 1 aromatic carbocycles. The van der Waals surface area contributed by atoms with Gasteiger partial charge in [0.2, 0.25) is 5.95 Å². The SMILES string of the molecule is C[C@H](NC(=O)c1cc(C(F)(F)F)cc(C(F)(F)F)c1)c1nc(N2CCCC2)nn1-c1ccc(C#N)cn1. The molecule has 37 heavy (non-hydrogen) atoms. The first-order valence-corrected chi connectivity index (χ1v) is 11.1. The van der Waals surface area contributed by atoms with Gasteiger partial charge in [-0.15, -0.1) is 5.10 Å². The molecular weight excluding hydrogens is 504 g/mol. The van der Waals surface area contributed by atoms with E-state index in [4.69, 9.17) is 5.26 Å². The molecule has 2 aromatic heterocycles. The lowest BCUT2D eigenvalue weighted by Crippen LogP contribution is -2.29. The third-order valence-electron chi connectivity index (χ3n) is 5.69. The van der Waals surface area contributed by atoms with Crippen molar-refractivity contribution < 1.29 is 31.1 Å². The lowest BCUT2D eigenvalue weighted by molar-refractivity contribution is -0.143. The Morgan fingerprint density at radius 3 is 2.19 bits per heavy atom. The fraction of sp³-hybridized carbons (Fsp3) is 0.348. The third kappa shape index (κ3) is 5.65. The first-order valence-electron chi connectivity index (χ1n) is 11.1. The second-order valence-electron chi connectivity index (χ2n) is 8.38. The molecule has 4 rings (SSSR count). The average molecular weight is 523 g/mol. The van der Waals surface area contributed by atoms with Crippen molar-refractivity contribution in [3.8, 4) is 11.9 Å². The number of aromatic nitrogens is 4. The highest BCUT2D eigenvalue weighted by molar-refractivity contribution is 5.94. The summed E-state index contributed by atoms with van der Waals surface area (Å²) in [6, 6.07) is 4.62. The molecule has 0 unspecified atom stereocenters. The van der Waals surface area contributed by atoms with Crippen molar-refractivity contribution in [2.45, 2.75) is 38.2 Å². The number of rotatable bonds is 5. The molecule has 1 amide bonds. The first-order chi connectivity index (χ1) is 17.4. The van der Waals surface area contributed by atoms with E-state index in [1.165, 1.54) is 29.9 Å². The number of carbonyl (C=O) groups excluding carboxylic acids is 1. The van der Waals surface area contributed by atoms with Crippen molar-refractivity contribution in [1.29, 1.82) is 5.26 Å². The van der Waals surface area contributed by atoms with Gasteiger partial charge in [0.15, 0.2) is 11.6 Å². The number of anilines is 1. The molecule has 0 aliphatic carbocycles. The number of nitrogens with one attached hydrogen (secondary N) is 1. The first kappa shape index (κ1) is 25.9. The van der Waals surface area contributed by atoms with Crippen LogP contribution in [0.2, 0.25) is 0 Å². The van der Waals surface area contributed by atoms with E-state index >= 15 is 0 Å². The molecule has 1 atom stereocenters.